The van der Waals surface area contributed by atoms with Gasteiger partial charge in [-0.2, -0.15) is 0 Å². The van der Waals surface area contributed by atoms with E-state index in [2.05, 4.69) is 0 Å². The molecule has 0 saturated carbocycles. The van der Waals surface area contributed by atoms with E-state index in [-0.39, 0.29) is 11.1 Å². The lowest BCUT2D eigenvalue weighted by Gasteiger charge is -2.24. The van der Waals surface area contributed by atoms with Crippen LogP contribution in [0, 0.1) is 0 Å². The maximum absolute atomic E-state index is 12.3. The van der Waals surface area contributed by atoms with Crippen molar-refractivity contribution in [2.75, 3.05) is 7.11 Å². The van der Waals surface area contributed by atoms with Gasteiger partial charge in [-0.1, -0.05) is 42.5 Å². The Labute approximate surface area is 115 Å². The van der Waals surface area contributed by atoms with Crippen LogP contribution in [0.15, 0.2) is 48.5 Å². The van der Waals surface area contributed by atoms with Crippen LogP contribution >= 0.6 is 0 Å². The molecule has 0 radical (unpaired) electrons. The molecule has 0 aliphatic heterocycles. The van der Waals surface area contributed by atoms with Crippen molar-refractivity contribution in [3.05, 3.63) is 65.2 Å². The van der Waals surface area contributed by atoms with Gasteiger partial charge in [-0.3, -0.25) is 9.59 Å². The average Bonchev–Trinajstić information content (AvgIpc) is 2.70. The zero-order chi connectivity index (χ0) is 14.3. The summed E-state index contributed by atoms with van der Waals surface area (Å²) >= 11 is 0. The standard InChI is InChI=1S/C16H12O4/c1-20-13-9-5-4-8-12(13)16(19)11-7-3-2-6-10(11)14(17)15(16)18/h2-9,19H,1H3. The largest absolute Gasteiger partial charge is 0.496 e. The summed E-state index contributed by atoms with van der Waals surface area (Å²) in [6, 6.07) is 13.1. The Morgan fingerprint density at radius 3 is 2.25 bits per heavy atom. The Bertz CT molecular complexity index is 720. The average molecular weight is 268 g/mol. The van der Waals surface area contributed by atoms with E-state index >= 15 is 0 Å². The summed E-state index contributed by atoms with van der Waals surface area (Å²) in [6.45, 7) is 0. The number of methoxy groups -OCH3 is 1. The number of para-hydroxylation sites is 1. The minimum absolute atomic E-state index is 0.242. The fourth-order valence-corrected chi connectivity index (χ4v) is 2.62. The molecule has 0 amide bonds. The van der Waals surface area contributed by atoms with E-state index in [0.717, 1.165) is 0 Å². The normalized spacial score (nSPS) is 20.9. The second-order valence-electron chi connectivity index (χ2n) is 4.61. The maximum Gasteiger partial charge on any atom is 0.244 e. The first kappa shape index (κ1) is 12.6. The van der Waals surface area contributed by atoms with Crippen molar-refractivity contribution in [2.24, 2.45) is 0 Å². The third-order valence-corrected chi connectivity index (χ3v) is 3.59. The van der Waals surface area contributed by atoms with Crippen molar-refractivity contribution in [1.29, 1.82) is 0 Å². The summed E-state index contributed by atoms with van der Waals surface area (Å²) in [4.78, 5) is 24.3. The van der Waals surface area contributed by atoms with Crippen LogP contribution < -0.4 is 4.74 Å². The zero-order valence-corrected chi connectivity index (χ0v) is 10.8. The fraction of sp³-hybridized carbons (Fsp3) is 0.125. The molecule has 2 aromatic rings. The van der Waals surface area contributed by atoms with Crippen molar-refractivity contribution >= 4 is 11.6 Å². The molecular formula is C16H12O4. The molecule has 0 spiro atoms. The SMILES string of the molecule is COc1ccccc1C1(O)C(=O)C(=O)c2ccccc21. The number of Topliss-reactive ketones (excluding diaryl/α,β-unsaturated/α-hetero) is 2. The highest BCUT2D eigenvalue weighted by atomic mass is 16.5. The van der Waals surface area contributed by atoms with Gasteiger partial charge in [0, 0.05) is 16.7 Å². The molecule has 100 valence electrons. The monoisotopic (exact) mass is 268 g/mol. The smallest absolute Gasteiger partial charge is 0.244 e. The highest BCUT2D eigenvalue weighted by Crippen LogP contribution is 2.42. The number of hydrogen-bond donors (Lipinski definition) is 1. The first-order valence-corrected chi connectivity index (χ1v) is 6.15. The van der Waals surface area contributed by atoms with E-state index in [4.69, 9.17) is 4.74 Å². The lowest BCUT2D eigenvalue weighted by molar-refractivity contribution is -0.128. The molecule has 0 heterocycles. The second-order valence-corrected chi connectivity index (χ2v) is 4.61. The highest BCUT2D eigenvalue weighted by molar-refractivity contribution is 6.50. The Morgan fingerprint density at radius 1 is 0.950 bits per heavy atom. The Morgan fingerprint density at radius 2 is 1.55 bits per heavy atom. The van der Waals surface area contributed by atoms with Gasteiger partial charge in [0.2, 0.25) is 11.6 Å². The third kappa shape index (κ3) is 1.45. The van der Waals surface area contributed by atoms with Gasteiger partial charge in [-0.05, 0) is 6.07 Å². The number of aliphatic hydroxyl groups is 1. The number of fused-ring (bicyclic) bond motifs is 1. The van der Waals surface area contributed by atoms with Crippen LogP contribution in [0.25, 0.3) is 0 Å². The molecule has 1 aliphatic rings. The molecule has 1 unspecified atom stereocenters. The topological polar surface area (TPSA) is 63.6 Å². The van der Waals surface area contributed by atoms with Crippen LogP contribution in [0.5, 0.6) is 5.75 Å². The predicted octanol–water partition coefficient (Wildman–Crippen LogP) is 1.70. The van der Waals surface area contributed by atoms with Crippen LogP contribution in [0.4, 0.5) is 0 Å². The molecule has 1 aliphatic carbocycles. The molecule has 3 rings (SSSR count). The minimum atomic E-state index is -1.97. The minimum Gasteiger partial charge on any atom is -0.496 e. The van der Waals surface area contributed by atoms with Gasteiger partial charge in [0.1, 0.15) is 5.75 Å². The van der Waals surface area contributed by atoms with Crippen LogP contribution in [-0.2, 0) is 10.4 Å². The second kappa shape index (κ2) is 4.28. The molecule has 4 nitrogen and oxygen atoms in total. The van der Waals surface area contributed by atoms with Gasteiger partial charge in [0.05, 0.1) is 7.11 Å². The Kier molecular flexibility index (Phi) is 2.69. The molecule has 0 bridgehead atoms. The van der Waals surface area contributed by atoms with Crippen LogP contribution in [0.3, 0.4) is 0 Å². The molecule has 2 aromatic carbocycles. The van der Waals surface area contributed by atoms with Gasteiger partial charge in [-0.15, -0.1) is 0 Å². The Balaban J connectivity index is 2.32. The van der Waals surface area contributed by atoms with E-state index in [0.29, 0.717) is 11.3 Å². The van der Waals surface area contributed by atoms with Gasteiger partial charge in [-0.25, -0.2) is 0 Å². The van der Waals surface area contributed by atoms with Crippen molar-refractivity contribution in [2.45, 2.75) is 5.60 Å². The number of hydrogen-bond acceptors (Lipinski definition) is 4. The number of ketones is 2. The van der Waals surface area contributed by atoms with Gasteiger partial charge in [0.25, 0.3) is 0 Å². The summed E-state index contributed by atoms with van der Waals surface area (Å²) < 4.78 is 5.20. The highest BCUT2D eigenvalue weighted by Gasteiger charge is 2.52. The quantitative estimate of drug-likeness (QED) is 0.842. The maximum atomic E-state index is 12.3. The fourth-order valence-electron chi connectivity index (χ4n) is 2.62. The van der Waals surface area contributed by atoms with E-state index in [1.807, 2.05) is 0 Å². The number of carbonyl (C=O) groups excluding carboxylic acids is 2. The zero-order valence-electron chi connectivity index (χ0n) is 10.8. The molecule has 0 aromatic heterocycles. The lowest BCUT2D eigenvalue weighted by atomic mass is 9.86. The van der Waals surface area contributed by atoms with E-state index in [1.54, 1.807) is 48.5 Å². The first-order valence-electron chi connectivity index (χ1n) is 6.15. The number of ether oxygens (including phenoxy) is 1. The van der Waals surface area contributed by atoms with Crippen molar-refractivity contribution in [3.63, 3.8) is 0 Å². The molecule has 4 heteroatoms. The molecule has 0 saturated heterocycles. The van der Waals surface area contributed by atoms with Gasteiger partial charge < -0.3 is 9.84 Å². The van der Waals surface area contributed by atoms with Gasteiger partial charge >= 0.3 is 0 Å². The lowest BCUT2D eigenvalue weighted by Crippen LogP contribution is -2.35. The number of benzene rings is 2. The molecule has 1 atom stereocenters. The van der Waals surface area contributed by atoms with E-state index in [9.17, 15) is 14.7 Å². The van der Waals surface area contributed by atoms with Crippen molar-refractivity contribution < 1.29 is 19.4 Å². The Hall–Kier alpha value is -2.46. The first-order chi connectivity index (χ1) is 9.60. The van der Waals surface area contributed by atoms with Crippen LogP contribution in [-0.4, -0.2) is 23.8 Å². The summed E-state index contributed by atoms with van der Waals surface area (Å²) in [6.07, 6.45) is 0. The summed E-state index contributed by atoms with van der Waals surface area (Å²) in [5, 5.41) is 10.9. The van der Waals surface area contributed by atoms with Crippen LogP contribution in [0.1, 0.15) is 21.5 Å². The van der Waals surface area contributed by atoms with Gasteiger partial charge in [0.15, 0.2) is 5.60 Å². The van der Waals surface area contributed by atoms with Crippen LogP contribution in [0.2, 0.25) is 0 Å². The van der Waals surface area contributed by atoms with E-state index < -0.39 is 17.2 Å². The van der Waals surface area contributed by atoms with Crippen molar-refractivity contribution in [3.8, 4) is 5.75 Å². The molecule has 1 N–H and O–H groups in total. The summed E-state index contributed by atoms with van der Waals surface area (Å²) in [5.41, 5.74) is -1.14. The third-order valence-electron chi connectivity index (χ3n) is 3.59. The molecular weight excluding hydrogens is 256 g/mol. The summed E-state index contributed by atoms with van der Waals surface area (Å²) in [5.74, 6) is -1.15. The summed E-state index contributed by atoms with van der Waals surface area (Å²) in [7, 11) is 1.45. The number of carbonyl (C=O) groups is 2. The van der Waals surface area contributed by atoms with E-state index in [1.165, 1.54) is 7.11 Å². The molecule has 0 fully saturated rings. The predicted molar refractivity (Wildman–Crippen MR) is 71.8 cm³/mol. The number of rotatable bonds is 2. The van der Waals surface area contributed by atoms with Crippen molar-refractivity contribution in [1.82, 2.24) is 0 Å². The molecule has 20 heavy (non-hydrogen) atoms.